The molecule has 1 heterocycles. The molecule has 35 heavy (non-hydrogen) atoms. The maximum atomic E-state index is 13.4. The van der Waals surface area contributed by atoms with Crippen LogP contribution in [0.5, 0.6) is 5.75 Å². The monoisotopic (exact) mass is 475 g/mol. The number of carbonyl (C=O) groups excluding carboxylic acids is 3. The summed E-state index contributed by atoms with van der Waals surface area (Å²) in [6.45, 7) is 2.14. The number of benzene rings is 3. The first kappa shape index (κ1) is 23.9. The molecule has 1 unspecified atom stereocenters. The molecule has 7 nitrogen and oxygen atoms in total. The molecule has 1 aliphatic rings. The van der Waals surface area contributed by atoms with Crippen molar-refractivity contribution in [2.24, 2.45) is 0 Å². The van der Waals surface area contributed by atoms with Crippen LogP contribution in [0.3, 0.4) is 0 Å². The summed E-state index contributed by atoms with van der Waals surface area (Å²) in [5.74, 6) is -0.801. The van der Waals surface area contributed by atoms with Crippen molar-refractivity contribution >= 4 is 29.2 Å². The Kier molecular flexibility index (Phi) is 7.10. The number of methoxy groups -OCH3 is 1. The molecule has 3 aromatic rings. The molecule has 1 saturated heterocycles. The van der Waals surface area contributed by atoms with E-state index in [2.05, 4.69) is 5.32 Å². The zero-order valence-electron chi connectivity index (χ0n) is 19.5. The number of anilines is 2. The predicted octanol–water partition coefficient (Wildman–Crippen LogP) is 4.76. The first-order valence-electron chi connectivity index (χ1n) is 11.3. The smallest absolute Gasteiger partial charge is 0.332 e. The number of amides is 4. The lowest BCUT2D eigenvalue weighted by atomic mass is 10.1. The molecule has 4 rings (SSSR count). The number of nitrogens with zero attached hydrogens (tertiary/aromatic N) is 2. The number of nitrogens with one attached hydrogen (secondary N) is 1. The average molecular weight is 476 g/mol. The maximum Gasteiger partial charge on any atom is 0.332 e. The van der Waals surface area contributed by atoms with Crippen LogP contribution in [0.15, 0.2) is 72.8 Å². The van der Waals surface area contributed by atoms with Crippen molar-refractivity contribution in [3.63, 3.8) is 0 Å². The van der Waals surface area contributed by atoms with E-state index >= 15 is 0 Å². The molecule has 1 atom stereocenters. The minimum absolute atomic E-state index is 0.0998. The quantitative estimate of drug-likeness (QED) is 0.477. The third kappa shape index (κ3) is 5.32. The van der Waals surface area contributed by atoms with Crippen molar-refractivity contribution in [1.29, 1.82) is 0 Å². The lowest BCUT2D eigenvalue weighted by Crippen LogP contribution is -2.37. The summed E-state index contributed by atoms with van der Waals surface area (Å²) in [5, 5.41) is 2.80. The first-order valence-corrected chi connectivity index (χ1v) is 11.3. The van der Waals surface area contributed by atoms with Gasteiger partial charge in [-0.05, 0) is 66.1 Å². The molecule has 1 aliphatic heterocycles. The summed E-state index contributed by atoms with van der Waals surface area (Å²) in [6, 6.07) is 18.1. The average Bonchev–Trinajstić information content (AvgIpc) is 3.09. The summed E-state index contributed by atoms with van der Waals surface area (Å²) in [5.41, 5.74) is 2.74. The lowest BCUT2D eigenvalue weighted by Gasteiger charge is -2.22. The summed E-state index contributed by atoms with van der Waals surface area (Å²) in [4.78, 5) is 41.9. The Balaban J connectivity index is 1.59. The largest absolute Gasteiger partial charge is 0.497 e. The van der Waals surface area contributed by atoms with Gasteiger partial charge >= 0.3 is 6.03 Å². The molecule has 4 amide bonds. The highest BCUT2D eigenvalue weighted by Gasteiger charge is 2.46. The number of hydrogen-bond donors (Lipinski definition) is 1. The van der Waals surface area contributed by atoms with Gasteiger partial charge in [0.05, 0.1) is 19.2 Å². The maximum absolute atomic E-state index is 13.4. The summed E-state index contributed by atoms with van der Waals surface area (Å²) in [6.07, 6.45) is 0.660. The highest BCUT2D eigenvalue weighted by molar-refractivity contribution is 6.22. The first-order chi connectivity index (χ1) is 16.9. The van der Waals surface area contributed by atoms with Crippen molar-refractivity contribution in [3.05, 3.63) is 89.7 Å². The molecule has 0 bridgehead atoms. The Hall–Kier alpha value is -4.20. The number of aryl methyl sites for hydroxylation is 1. The van der Waals surface area contributed by atoms with Gasteiger partial charge in [-0.15, -0.1) is 0 Å². The van der Waals surface area contributed by atoms with E-state index in [1.807, 2.05) is 25.1 Å². The molecular weight excluding hydrogens is 449 g/mol. The van der Waals surface area contributed by atoms with Gasteiger partial charge in [-0.2, -0.15) is 0 Å². The fraction of sp³-hybridized carbons (Fsp3) is 0.222. The highest BCUT2D eigenvalue weighted by Crippen LogP contribution is 2.29. The van der Waals surface area contributed by atoms with Gasteiger partial charge in [0.15, 0.2) is 0 Å². The van der Waals surface area contributed by atoms with Crippen molar-refractivity contribution < 1.29 is 23.5 Å². The molecule has 8 heteroatoms. The Bertz CT molecular complexity index is 1230. The second-order valence-corrected chi connectivity index (χ2v) is 8.23. The second-order valence-electron chi connectivity index (χ2n) is 8.23. The van der Waals surface area contributed by atoms with Crippen LogP contribution in [0.1, 0.15) is 24.5 Å². The minimum Gasteiger partial charge on any atom is -0.497 e. The van der Waals surface area contributed by atoms with E-state index in [0.717, 1.165) is 22.4 Å². The molecule has 0 aliphatic carbocycles. The van der Waals surface area contributed by atoms with Crippen LogP contribution in [0.25, 0.3) is 0 Å². The van der Waals surface area contributed by atoms with Crippen LogP contribution in [0.4, 0.5) is 20.6 Å². The van der Waals surface area contributed by atoms with Crippen LogP contribution < -0.4 is 15.0 Å². The number of ether oxygens (including phenoxy) is 1. The molecular formula is C27H26FN3O4. The minimum atomic E-state index is -1.02. The number of halogens is 1. The number of imide groups is 1. The summed E-state index contributed by atoms with van der Waals surface area (Å²) in [7, 11) is 1.54. The van der Waals surface area contributed by atoms with Crippen LogP contribution in [0.2, 0.25) is 0 Å². The van der Waals surface area contributed by atoms with Gasteiger partial charge < -0.3 is 15.0 Å². The highest BCUT2D eigenvalue weighted by atomic mass is 19.1. The molecule has 1 fully saturated rings. The Morgan fingerprint density at radius 1 is 1.00 bits per heavy atom. The van der Waals surface area contributed by atoms with Crippen molar-refractivity contribution in [3.8, 4) is 5.75 Å². The SMILES string of the molecule is CCc1ccc(NC(=O)CC2C(=O)N(c3ccc(F)cc3)C(=O)N2Cc2cccc(OC)c2)cc1. The third-order valence-corrected chi connectivity index (χ3v) is 5.92. The van der Waals surface area contributed by atoms with E-state index in [9.17, 15) is 18.8 Å². The zero-order valence-corrected chi connectivity index (χ0v) is 19.5. The Labute approximate surface area is 203 Å². The van der Waals surface area contributed by atoms with Gasteiger partial charge in [-0.3, -0.25) is 9.59 Å². The Morgan fingerprint density at radius 3 is 2.37 bits per heavy atom. The van der Waals surface area contributed by atoms with Crippen LogP contribution in [0, 0.1) is 5.82 Å². The van der Waals surface area contributed by atoms with Crippen molar-refractivity contribution in [1.82, 2.24) is 4.90 Å². The predicted molar refractivity (Wildman–Crippen MR) is 131 cm³/mol. The topological polar surface area (TPSA) is 79.0 Å². The Morgan fingerprint density at radius 2 is 1.71 bits per heavy atom. The molecule has 0 spiro atoms. The molecule has 3 aromatic carbocycles. The molecule has 1 N–H and O–H groups in total. The molecule has 0 radical (unpaired) electrons. The van der Waals surface area contributed by atoms with Crippen molar-refractivity contribution in [2.45, 2.75) is 32.4 Å². The standard InChI is InChI=1S/C27H26FN3O4/c1-3-18-7-11-21(12-8-18)29-25(32)16-24-26(33)31(22-13-9-20(28)10-14-22)27(34)30(24)17-19-5-4-6-23(15-19)35-2/h4-15,24H,3,16-17H2,1-2H3,(H,29,32). The molecule has 0 aromatic heterocycles. The van der Waals surface area contributed by atoms with Gasteiger partial charge in [0.2, 0.25) is 5.91 Å². The molecule has 180 valence electrons. The van der Waals surface area contributed by atoms with Crippen molar-refractivity contribution in [2.75, 3.05) is 17.3 Å². The van der Waals surface area contributed by atoms with Crippen LogP contribution in [-0.2, 0) is 22.6 Å². The molecule has 0 saturated carbocycles. The van der Waals surface area contributed by atoms with E-state index in [-0.39, 0.29) is 18.7 Å². The second kappa shape index (κ2) is 10.4. The van der Waals surface area contributed by atoms with Gasteiger partial charge in [0, 0.05) is 12.2 Å². The number of hydrogen-bond acceptors (Lipinski definition) is 4. The summed E-state index contributed by atoms with van der Waals surface area (Å²) >= 11 is 0. The van der Waals surface area contributed by atoms with Gasteiger partial charge in [0.1, 0.15) is 17.6 Å². The van der Waals surface area contributed by atoms with Gasteiger partial charge in [-0.1, -0.05) is 31.2 Å². The zero-order chi connectivity index (χ0) is 24.9. The van der Waals surface area contributed by atoms with E-state index in [1.54, 1.807) is 37.4 Å². The normalized spacial score (nSPS) is 15.5. The van der Waals surface area contributed by atoms with Crippen LogP contribution in [-0.4, -0.2) is 35.9 Å². The van der Waals surface area contributed by atoms with E-state index in [4.69, 9.17) is 4.74 Å². The van der Waals surface area contributed by atoms with Gasteiger partial charge in [-0.25, -0.2) is 14.1 Å². The van der Waals surface area contributed by atoms with Gasteiger partial charge in [0.25, 0.3) is 5.91 Å². The lowest BCUT2D eigenvalue weighted by molar-refractivity contribution is -0.124. The van der Waals surface area contributed by atoms with E-state index < -0.39 is 29.7 Å². The number of carbonyl (C=O) groups is 3. The van der Waals surface area contributed by atoms with Crippen LogP contribution >= 0.6 is 0 Å². The summed E-state index contributed by atoms with van der Waals surface area (Å²) < 4.78 is 18.7. The van der Waals surface area contributed by atoms with E-state index in [1.165, 1.54) is 29.2 Å². The van der Waals surface area contributed by atoms with E-state index in [0.29, 0.717) is 11.4 Å². The fourth-order valence-electron chi connectivity index (χ4n) is 4.02. The number of urea groups is 1. The fourth-order valence-corrected chi connectivity index (χ4v) is 4.02. The third-order valence-electron chi connectivity index (χ3n) is 5.92. The number of rotatable bonds is 8.